The van der Waals surface area contributed by atoms with Crippen molar-refractivity contribution in [3.8, 4) is 0 Å². The lowest BCUT2D eigenvalue weighted by Gasteiger charge is -2.05. The number of nitrogens with zero attached hydrogens (tertiary/aromatic N) is 2. The summed E-state index contributed by atoms with van der Waals surface area (Å²) in [6.07, 6.45) is -3.67. The zero-order valence-corrected chi connectivity index (χ0v) is 20.0. The van der Waals surface area contributed by atoms with E-state index >= 15 is 0 Å². The highest BCUT2D eigenvalue weighted by atomic mass is 35.5. The van der Waals surface area contributed by atoms with Gasteiger partial charge in [-0.2, -0.15) is 18.3 Å². The van der Waals surface area contributed by atoms with E-state index < -0.39 is 23.4 Å². The number of carbonyl (C=O) groups excluding carboxylic acids is 1. The summed E-state index contributed by atoms with van der Waals surface area (Å²) in [5.74, 6) is 0.460. The molecule has 33 heavy (non-hydrogen) atoms. The Morgan fingerprint density at radius 2 is 1.30 bits per heavy atom. The summed E-state index contributed by atoms with van der Waals surface area (Å²) in [5, 5.41) is 3.49. The second-order valence-electron chi connectivity index (χ2n) is 6.84. The zero-order valence-electron chi connectivity index (χ0n) is 17.7. The van der Waals surface area contributed by atoms with Gasteiger partial charge in [-0.05, 0) is 29.2 Å². The molecule has 0 aliphatic rings. The lowest BCUT2D eigenvalue weighted by molar-refractivity contribution is -0.142. The fourth-order valence-corrected chi connectivity index (χ4v) is 3.24. The van der Waals surface area contributed by atoms with Crippen LogP contribution in [0.4, 0.5) is 13.2 Å². The highest BCUT2D eigenvalue weighted by Gasteiger charge is 2.39. The Hall–Kier alpha value is -2.22. The maximum Gasteiger partial charge on any atom is 0.436 e. The van der Waals surface area contributed by atoms with Gasteiger partial charge in [-0.1, -0.05) is 48.5 Å². The number of alkyl halides is 6. The van der Waals surface area contributed by atoms with Gasteiger partial charge in [0.15, 0.2) is 5.69 Å². The zero-order chi connectivity index (χ0) is 24.4. The van der Waals surface area contributed by atoms with Gasteiger partial charge in [0.1, 0.15) is 5.56 Å². The molecular formula is C23H22Cl3F3N2O2. The quantitative estimate of drug-likeness (QED) is 0.248. The molecule has 0 unspecified atom stereocenters. The second-order valence-corrected chi connectivity index (χ2v) is 7.64. The van der Waals surface area contributed by atoms with Gasteiger partial charge in [0.25, 0.3) is 0 Å². The predicted octanol–water partition coefficient (Wildman–Crippen LogP) is 7.03. The number of hydrogen-bond acceptors (Lipinski definition) is 3. The molecule has 0 spiro atoms. The molecule has 4 nitrogen and oxygen atoms in total. The molecule has 1 aromatic heterocycles. The molecule has 178 valence electrons. The smallest absolute Gasteiger partial charge is 0.436 e. The summed E-state index contributed by atoms with van der Waals surface area (Å²) in [5.41, 5.74) is 2.08. The predicted molar refractivity (Wildman–Crippen MR) is 124 cm³/mol. The van der Waals surface area contributed by atoms with Crippen LogP contribution in [-0.4, -0.2) is 22.4 Å². The molecule has 3 aromatic rings. The first-order valence-electron chi connectivity index (χ1n) is 9.87. The van der Waals surface area contributed by atoms with Crippen LogP contribution in [0.5, 0.6) is 0 Å². The van der Waals surface area contributed by atoms with Crippen LogP contribution < -0.4 is 0 Å². The summed E-state index contributed by atoms with van der Waals surface area (Å²) >= 11 is 16.9. The van der Waals surface area contributed by atoms with Gasteiger partial charge in [0, 0.05) is 23.8 Å². The van der Waals surface area contributed by atoms with Gasteiger partial charge < -0.3 is 4.74 Å². The normalized spacial score (nSPS) is 11.0. The standard InChI is InChI=1S/C15H14ClF3N2O2.C8H8Cl2/c1-2-23-14(22)12-9-21(20-13(12)15(17,18)19)8-11-5-3-10(7-16)4-6-11;9-5-7-1-2-8(6-10)4-3-7/h3-6,9H,2,7-8H2,1H3;1-4H,5-6H2. The lowest BCUT2D eigenvalue weighted by atomic mass is 10.1. The van der Waals surface area contributed by atoms with Crippen molar-refractivity contribution in [3.05, 3.63) is 88.2 Å². The van der Waals surface area contributed by atoms with Crippen molar-refractivity contribution in [1.82, 2.24) is 9.78 Å². The van der Waals surface area contributed by atoms with Crippen LogP contribution in [0.25, 0.3) is 0 Å². The molecule has 0 aliphatic heterocycles. The van der Waals surface area contributed by atoms with Crippen molar-refractivity contribution in [1.29, 1.82) is 0 Å². The fraction of sp³-hybridized carbons (Fsp3) is 0.304. The van der Waals surface area contributed by atoms with Crippen molar-refractivity contribution in [3.63, 3.8) is 0 Å². The Bertz CT molecular complexity index is 998. The minimum absolute atomic E-state index is 0.0127. The van der Waals surface area contributed by atoms with Crippen molar-refractivity contribution in [2.24, 2.45) is 0 Å². The van der Waals surface area contributed by atoms with Gasteiger partial charge in [-0.15, -0.1) is 34.8 Å². The molecule has 0 radical (unpaired) electrons. The molecular weight excluding hydrogens is 500 g/mol. The monoisotopic (exact) mass is 520 g/mol. The Labute approximate surface area is 205 Å². The van der Waals surface area contributed by atoms with E-state index in [-0.39, 0.29) is 13.2 Å². The van der Waals surface area contributed by atoms with E-state index in [1.807, 2.05) is 24.3 Å². The van der Waals surface area contributed by atoms with Crippen molar-refractivity contribution in [2.75, 3.05) is 6.61 Å². The Balaban J connectivity index is 0.000000321. The molecule has 0 saturated carbocycles. The summed E-state index contributed by atoms with van der Waals surface area (Å²) in [4.78, 5) is 11.7. The molecule has 0 fully saturated rings. The first-order chi connectivity index (χ1) is 15.7. The fourth-order valence-electron chi connectivity index (χ4n) is 2.71. The van der Waals surface area contributed by atoms with E-state index in [1.54, 1.807) is 24.3 Å². The number of rotatable bonds is 7. The van der Waals surface area contributed by atoms with Crippen LogP contribution in [-0.2, 0) is 35.1 Å². The number of ether oxygens (including phenoxy) is 1. The first-order valence-corrected chi connectivity index (χ1v) is 11.5. The van der Waals surface area contributed by atoms with Crippen LogP contribution in [0.15, 0.2) is 54.7 Å². The van der Waals surface area contributed by atoms with Crippen molar-refractivity contribution < 1.29 is 22.7 Å². The SMILES string of the molecule is CCOC(=O)c1cn(Cc2ccc(CCl)cc2)nc1C(F)(F)F.ClCc1ccc(CCl)cc1. The Morgan fingerprint density at radius 1 is 0.879 bits per heavy atom. The van der Waals surface area contributed by atoms with Gasteiger partial charge in [0.05, 0.1) is 13.2 Å². The number of hydrogen-bond donors (Lipinski definition) is 0. The topological polar surface area (TPSA) is 44.1 Å². The van der Waals surface area contributed by atoms with E-state index in [1.165, 1.54) is 6.92 Å². The number of aromatic nitrogens is 2. The second kappa shape index (κ2) is 12.9. The lowest BCUT2D eigenvalue weighted by Crippen LogP contribution is -2.14. The van der Waals surface area contributed by atoms with E-state index in [0.717, 1.165) is 33.1 Å². The molecule has 2 aromatic carbocycles. The summed E-state index contributed by atoms with van der Waals surface area (Å²) < 4.78 is 44.7. The third-order valence-corrected chi connectivity index (χ3v) is 5.30. The minimum Gasteiger partial charge on any atom is -0.462 e. The first kappa shape index (κ1) is 27.0. The van der Waals surface area contributed by atoms with Crippen LogP contribution in [0.2, 0.25) is 0 Å². The van der Waals surface area contributed by atoms with Crippen LogP contribution in [0.1, 0.15) is 45.2 Å². The van der Waals surface area contributed by atoms with Crippen LogP contribution >= 0.6 is 34.8 Å². The number of esters is 1. The number of benzene rings is 2. The third-order valence-electron chi connectivity index (χ3n) is 4.38. The Morgan fingerprint density at radius 3 is 1.67 bits per heavy atom. The van der Waals surface area contributed by atoms with Gasteiger partial charge >= 0.3 is 12.1 Å². The third kappa shape index (κ3) is 8.25. The molecule has 1 heterocycles. The largest absolute Gasteiger partial charge is 0.462 e. The van der Waals surface area contributed by atoms with E-state index in [2.05, 4.69) is 9.84 Å². The number of halogens is 6. The molecule has 3 rings (SSSR count). The van der Waals surface area contributed by atoms with Gasteiger partial charge in [-0.3, -0.25) is 4.68 Å². The molecule has 0 saturated heterocycles. The van der Waals surface area contributed by atoms with E-state index in [4.69, 9.17) is 34.8 Å². The average molecular weight is 522 g/mol. The maximum absolute atomic E-state index is 13.0. The van der Waals surface area contributed by atoms with Crippen LogP contribution in [0, 0.1) is 0 Å². The summed E-state index contributed by atoms with van der Waals surface area (Å²) in [6.45, 7) is 1.61. The maximum atomic E-state index is 13.0. The molecule has 0 atom stereocenters. The molecule has 0 amide bonds. The van der Waals surface area contributed by atoms with Crippen molar-refractivity contribution in [2.45, 2.75) is 37.3 Å². The van der Waals surface area contributed by atoms with Crippen molar-refractivity contribution >= 4 is 40.8 Å². The molecule has 0 bridgehead atoms. The average Bonchev–Trinajstić information content (AvgIpc) is 3.25. The Kier molecular flexibility index (Phi) is 10.5. The highest BCUT2D eigenvalue weighted by molar-refractivity contribution is 6.17. The molecule has 0 aliphatic carbocycles. The van der Waals surface area contributed by atoms with Gasteiger partial charge in [0.2, 0.25) is 0 Å². The minimum atomic E-state index is -4.73. The van der Waals surface area contributed by atoms with E-state index in [9.17, 15) is 18.0 Å². The van der Waals surface area contributed by atoms with Gasteiger partial charge in [-0.25, -0.2) is 4.79 Å². The van der Waals surface area contributed by atoms with Crippen LogP contribution in [0.3, 0.4) is 0 Å². The molecule has 10 heteroatoms. The highest BCUT2D eigenvalue weighted by Crippen LogP contribution is 2.31. The van der Waals surface area contributed by atoms with E-state index in [0.29, 0.717) is 17.6 Å². The number of carbonyl (C=O) groups is 1. The summed E-state index contributed by atoms with van der Waals surface area (Å²) in [7, 11) is 0. The summed E-state index contributed by atoms with van der Waals surface area (Å²) in [6, 6.07) is 15.0. The molecule has 0 N–H and O–H groups in total.